The molecule has 0 fully saturated rings. The van der Waals surface area contributed by atoms with Crippen molar-refractivity contribution in [3.63, 3.8) is 0 Å². The fraction of sp³-hybridized carbons (Fsp3) is 0.625. The summed E-state index contributed by atoms with van der Waals surface area (Å²) in [5.41, 5.74) is 0. The second kappa shape index (κ2) is 7.07. The second-order valence-corrected chi connectivity index (χ2v) is 6.65. The first-order valence-electron chi connectivity index (χ1n) is 7.89. The van der Waals surface area contributed by atoms with Gasteiger partial charge in [0.15, 0.2) is 0 Å². The molecule has 116 valence electrons. The van der Waals surface area contributed by atoms with Crippen LogP contribution in [0.4, 0.5) is 11.8 Å². The predicted molar refractivity (Wildman–Crippen MR) is 93.7 cm³/mol. The molecule has 2 rings (SSSR count). The molecule has 1 atom stereocenters. The van der Waals surface area contributed by atoms with Crippen molar-refractivity contribution in [2.75, 3.05) is 23.3 Å². The molecule has 1 N–H and O–H groups in total. The van der Waals surface area contributed by atoms with Crippen LogP contribution in [0.25, 0.3) is 10.2 Å². The number of hydrogen-bond donors (Lipinski definition) is 1. The molecular formula is C16H26N4S. The van der Waals surface area contributed by atoms with E-state index in [0.29, 0.717) is 6.04 Å². The Morgan fingerprint density at radius 1 is 1.29 bits per heavy atom. The van der Waals surface area contributed by atoms with E-state index in [9.17, 15) is 0 Å². The fourth-order valence-electron chi connectivity index (χ4n) is 2.45. The van der Waals surface area contributed by atoms with Crippen molar-refractivity contribution in [2.45, 2.75) is 53.5 Å². The van der Waals surface area contributed by atoms with Gasteiger partial charge in [-0.05, 0) is 39.7 Å². The summed E-state index contributed by atoms with van der Waals surface area (Å²) >= 11 is 1.74. The molecule has 2 aromatic heterocycles. The van der Waals surface area contributed by atoms with Crippen molar-refractivity contribution in [3.8, 4) is 0 Å². The smallest absolute Gasteiger partial charge is 0.226 e. The van der Waals surface area contributed by atoms with Crippen LogP contribution in [-0.4, -0.2) is 29.1 Å². The van der Waals surface area contributed by atoms with Crippen LogP contribution < -0.4 is 10.2 Å². The van der Waals surface area contributed by atoms with Crippen LogP contribution in [-0.2, 0) is 0 Å². The molecule has 0 radical (unpaired) electrons. The van der Waals surface area contributed by atoms with Crippen LogP contribution in [0.15, 0.2) is 6.07 Å². The molecule has 0 saturated heterocycles. The van der Waals surface area contributed by atoms with Gasteiger partial charge in [0.1, 0.15) is 10.6 Å². The van der Waals surface area contributed by atoms with Gasteiger partial charge in [0.2, 0.25) is 5.95 Å². The zero-order chi connectivity index (χ0) is 15.4. The van der Waals surface area contributed by atoms with Crippen LogP contribution in [0.5, 0.6) is 0 Å². The Labute approximate surface area is 131 Å². The van der Waals surface area contributed by atoms with Crippen LogP contribution in [0, 0.1) is 6.92 Å². The third-order valence-corrected chi connectivity index (χ3v) is 4.71. The van der Waals surface area contributed by atoms with E-state index < -0.39 is 0 Å². The minimum Gasteiger partial charge on any atom is -0.354 e. The lowest BCUT2D eigenvalue weighted by atomic mass is 10.2. The third kappa shape index (κ3) is 3.46. The van der Waals surface area contributed by atoms with Gasteiger partial charge < -0.3 is 10.2 Å². The first-order valence-corrected chi connectivity index (χ1v) is 8.71. The highest BCUT2D eigenvalue weighted by Crippen LogP contribution is 2.32. The predicted octanol–water partition coefficient (Wildman–Crippen LogP) is 4.45. The molecule has 2 aromatic rings. The number of fused-ring (bicyclic) bond motifs is 1. The lowest BCUT2D eigenvalue weighted by molar-refractivity contribution is 0.625. The molecule has 1 unspecified atom stereocenters. The molecule has 0 aromatic carbocycles. The molecule has 2 heterocycles. The summed E-state index contributed by atoms with van der Waals surface area (Å²) < 4.78 is 0. The maximum Gasteiger partial charge on any atom is 0.226 e. The normalized spacial score (nSPS) is 12.6. The Morgan fingerprint density at radius 3 is 2.67 bits per heavy atom. The van der Waals surface area contributed by atoms with Gasteiger partial charge in [0.05, 0.1) is 5.39 Å². The highest BCUT2D eigenvalue weighted by Gasteiger charge is 2.18. The number of nitrogens with one attached hydrogen (secondary N) is 1. The van der Waals surface area contributed by atoms with E-state index in [1.807, 2.05) is 0 Å². The fourth-order valence-corrected chi connectivity index (χ4v) is 3.33. The number of aromatic nitrogens is 2. The van der Waals surface area contributed by atoms with Gasteiger partial charge in [-0.25, -0.2) is 4.98 Å². The van der Waals surface area contributed by atoms with Crippen LogP contribution in [0.3, 0.4) is 0 Å². The van der Waals surface area contributed by atoms with E-state index in [0.717, 1.165) is 42.5 Å². The number of hydrogen-bond acceptors (Lipinski definition) is 5. The highest BCUT2D eigenvalue weighted by molar-refractivity contribution is 7.18. The topological polar surface area (TPSA) is 41.1 Å². The standard InChI is InChI=1S/C16H26N4S/c1-6-9-17-16-18-14(20(8-3)11(4)7-2)13-10-12(5)21-15(13)19-16/h10-11H,6-9H2,1-5H3,(H,17,18,19). The zero-order valence-corrected chi connectivity index (χ0v) is 14.5. The van der Waals surface area contributed by atoms with Crippen LogP contribution in [0.2, 0.25) is 0 Å². The lowest BCUT2D eigenvalue weighted by Crippen LogP contribution is -2.33. The van der Waals surface area contributed by atoms with Crippen molar-refractivity contribution in [1.29, 1.82) is 0 Å². The highest BCUT2D eigenvalue weighted by atomic mass is 32.1. The van der Waals surface area contributed by atoms with Gasteiger partial charge in [0.25, 0.3) is 0 Å². The SMILES string of the molecule is CCCNc1nc(N(CC)C(C)CC)c2cc(C)sc2n1. The molecule has 0 aliphatic carbocycles. The number of rotatable bonds is 7. The Bertz CT molecular complexity index is 593. The summed E-state index contributed by atoms with van der Waals surface area (Å²) in [4.78, 5) is 14.2. The lowest BCUT2D eigenvalue weighted by Gasteiger charge is -2.29. The van der Waals surface area contributed by atoms with E-state index in [-0.39, 0.29) is 0 Å². The molecule has 5 heteroatoms. The van der Waals surface area contributed by atoms with Gasteiger partial charge in [-0.3, -0.25) is 0 Å². The molecular weight excluding hydrogens is 280 g/mol. The molecule has 0 saturated carbocycles. The Morgan fingerprint density at radius 2 is 2.05 bits per heavy atom. The summed E-state index contributed by atoms with van der Waals surface area (Å²) in [5.74, 6) is 1.82. The van der Waals surface area contributed by atoms with Gasteiger partial charge in [0, 0.05) is 24.0 Å². The number of anilines is 2. The third-order valence-electron chi connectivity index (χ3n) is 3.76. The van der Waals surface area contributed by atoms with Crippen LogP contribution in [0.1, 0.15) is 45.4 Å². The monoisotopic (exact) mass is 306 g/mol. The molecule has 0 aliphatic rings. The summed E-state index contributed by atoms with van der Waals surface area (Å²) in [6.45, 7) is 12.8. The molecule has 0 amide bonds. The maximum absolute atomic E-state index is 4.80. The van der Waals surface area contributed by atoms with Crippen molar-refractivity contribution in [3.05, 3.63) is 10.9 Å². The largest absolute Gasteiger partial charge is 0.354 e. The van der Waals surface area contributed by atoms with E-state index in [1.165, 1.54) is 10.3 Å². The average molecular weight is 306 g/mol. The van der Waals surface area contributed by atoms with Crippen molar-refractivity contribution >= 4 is 33.3 Å². The minimum atomic E-state index is 0.479. The van der Waals surface area contributed by atoms with E-state index in [1.54, 1.807) is 11.3 Å². The second-order valence-electron chi connectivity index (χ2n) is 5.42. The Kier molecular flexibility index (Phi) is 5.39. The van der Waals surface area contributed by atoms with Crippen LogP contribution >= 0.6 is 11.3 Å². The van der Waals surface area contributed by atoms with Gasteiger partial charge in [-0.2, -0.15) is 4.98 Å². The molecule has 0 bridgehead atoms. The Balaban J connectivity index is 2.52. The molecule has 0 aliphatic heterocycles. The molecule has 4 nitrogen and oxygen atoms in total. The van der Waals surface area contributed by atoms with Crippen molar-refractivity contribution in [2.24, 2.45) is 0 Å². The van der Waals surface area contributed by atoms with Crippen molar-refractivity contribution < 1.29 is 0 Å². The van der Waals surface area contributed by atoms with Gasteiger partial charge in [-0.15, -0.1) is 11.3 Å². The maximum atomic E-state index is 4.80. The number of thiophene rings is 1. The number of nitrogens with zero attached hydrogens (tertiary/aromatic N) is 3. The summed E-state index contributed by atoms with van der Waals surface area (Å²) in [5, 5.41) is 4.51. The first kappa shape index (κ1) is 16.0. The average Bonchev–Trinajstić information content (AvgIpc) is 2.85. The van der Waals surface area contributed by atoms with Crippen molar-refractivity contribution in [1.82, 2.24) is 9.97 Å². The molecule has 21 heavy (non-hydrogen) atoms. The van der Waals surface area contributed by atoms with Gasteiger partial charge in [-0.1, -0.05) is 13.8 Å². The quantitative estimate of drug-likeness (QED) is 0.820. The summed E-state index contributed by atoms with van der Waals surface area (Å²) in [6.07, 6.45) is 2.18. The minimum absolute atomic E-state index is 0.479. The first-order chi connectivity index (χ1) is 10.1. The van der Waals surface area contributed by atoms with E-state index in [2.05, 4.69) is 55.9 Å². The Hall–Kier alpha value is -1.36. The summed E-state index contributed by atoms with van der Waals surface area (Å²) in [7, 11) is 0. The van der Waals surface area contributed by atoms with Gasteiger partial charge >= 0.3 is 0 Å². The van der Waals surface area contributed by atoms with E-state index >= 15 is 0 Å². The zero-order valence-electron chi connectivity index (χ0n) is 13.7. The van der Waals surface area contributed by atoms with E-state index in [4.69, 9.17) is 4.98 Å². The number of aryl methyl sites for hydroxylation is 1. The summed E-state index contributed by atoms with van der Waals surface area (Å²) in [6, 6.07) is 2.69. The molecule has 0 spiro atoms.